The summed E-state index contributed by atoms with van der Waals surface area (Å²) < 4.78 is 1.43. The number of piperidine rings is 1. The second-order valence-electron chi connectivity index (χ2n) is 6.65. The van der Waals surface area contributed by atoms with Crippen LogP contribution in [0.15, 0.2) is 36.5 Å². The van der Waals surface area contributed by atoms with E-state index < -0.39 is 23.4 Å². The van der Waals surface area contributed by atoms with E-state index in [2.05, 4.69) is 5.10 Å². The highest BCUT2D eigenvalue weighted by Crippen LogP contribution is 2.35. The predicted molar refractivity (Wildman–Crippen MR) is 95.0 cm³/mol. The molecule has 0 spiro atoms. The number of halogens is 1. The fourth-order valence-corrected chi connectivity index (χ4v) is 3.69. The monoisotopic (exact) mass is 377 g/mol. The Labute approximate surface area is 155 Å². The second kappa shape index (κ2) is 7.09. The van der Waals surface area contributed by atoms with E-state index in [1.807, 2.05) is 30.3 Å². The summed E-state index contributed by atoms with van der Waals surface area (Å²) in [6.45, 7) is 0.140. The molecule has 0 saturated carbocycles. The molecule has 8 heteroatoms. The van der Waals surface area contributed by atoms with Crippen molar-refractivity contribution >= 4 is 23.5 Å². The van der Waals surface area contributed by atoms with E-state index >= 15 is 0 Å². The van der Waals surface area contributed by atoms with Gasteiger partial charge in [0, 0.05) is 26.3 Å². The first-order valence-corrected chi connectivity index (χ1v) is 8.65. The molecule has 1 amide bonds. The van der Waals surface area contributed by atoms with Gasteiger partial charge in [-0.05, 0) is 18.4 Å². The Morgan fingerprint density at radius 2 is 2.04 bits per heavy atom. The number of hydrogen-bond donors (Lipinski definition) is 2. The van der Waals surface area contributed by atoms with Crippen LogP contribution in [0.5, 0.6) is 0 Å². The Bertz CT molecular complexity index is 823. The lowest BCUT2D eigenvalue weighted by molar-refractivity contribution is -0.161. The number of aliphatic hydroxyl groups excluding tert-OH is 1. The summed E-state index contributed by atoms with van der Waals surface area (Å²) in [5.74, 6) is -1.56. The van der Waals surface area contributed by atoms with E-state index in [1.54, 1.807) is 7.05 Å². The Hall–Kier alpha value is -2.38. The molecule has 138 valence electrons. The van der Waals surface area contributed by atoms with Gasteiger partial charge in [-0.2, -0.15) is 5.10 Å². The number of benzene rings is 1. The normalized spacial score (nSPS) is 23.0. The molecule has 26 heavy (non-hydrogen) atoms. The van der Waals surface area contributed by atoms with E-state index in [9.17, 15) is 19.8 Å². The summed E-state index contributed by atoms with van der Waals surface area (Å²) in [5.41, 5.74) is -0.597. The Morgan fingerprint density at radius 1 is 1.35 bits per heavy atom. The summed E-state index contributed by atoms with van der Waals surface area (Å²) in [4.78, 5) is 26.3. The van der Waals surface area contributed by atoms with E-state index in [0.29, 0.717) is 0 Å². The van der Waals surface area contributed by atoms with Crippen LogP contribution in [0, 0.1) is 5.41 Å². The molecule has 0 bridgehead atoms. The van der Waals surface area contributed by atoms with Crippen molar-refractivity contribution in [2.75, 3.05) is 13.1 Å². The minimum atomic E-state index is -1.48. The topological polar surface area (TPSA) is 95.7 Å². The Balaban J connectivity index is 1.90. The van der Waals surface area contributed by atoms with Crippen molar-refractivity contribution in [2.45, 2.75) is 18.9 Å². The number of aliphatic hydroxyl groups is 1. The number of rotatable bonds is 4. The van der Waals surface area contributed by atoms with Gasteiger partial charge in [0.2, 0.25) is 0 Å². The molecule has 1 fully saturated rings. The summed E-state index contributed by atoms with van der Waals surface area (Å²) >= 11 is 6.05. The molecule has 1 aliphatic heterocycles. The third-order valence-electron chi connectivity index (χ3n) is 4.85. The first-order valence-electron chi connectivity index (χ1n) is 8.27. The van der Waals surface area contributed by atoms with Crippen molar-refractivity contribution in [2.24, 2.45) is 12.5 Å². The molecule has 2 atom stereocenters. The molecule has 1 aromatic heterocycles. The number of carboxylic acid groups (broad SMARTS) is 1. The molecule has 2 aromatic rings. The fraction of sp³-hybridized carbons (Fsp3) is 0.389. The maximum absolute atomic E-state index is 12.8. The highest BCUT2D eigenvalue weighted by Gasteiger charge is 2.50. The van der Waals surface area contributed by atoms with Crippen molar-refractivity contribution in [3.05, 3.63) is 52.8 Å². The van der Waals surface area contributed by atoms with Crippen molar-refractivity contribution in [3.8, 4) is 0 Å². The fourth-order valence-electron chi connectivity index (χ4n) is 3.43. The number of carbonyl (C=O) groups is 2. The predicted octanol–water partition coefficient (Wildman–Crippen LogP) is 1.59. The van der Waals surface area contributed by atoms with Crippen LogP contribution in [-0.2, 0) is 18.3 Å². The van der Waals surface area contributed by atoms with Gasteiger partial charge in [0.15, 0.2) is 5.69 Å². The van der Waals surface area contributed by atoms with Gasteiger partial charge in [-0.1, -0.05) is 41.9 Å². The molecule has 2 N–H and O–H groups in total. The lowest BCUT2D eigenvalue weighted by Crippen LogP contribution is -2.58. The van der Waals surface area contributed by atoms with Crippen molar-refractivity contribution < 1.29 is 19.8 Å². The third kappa shape index (κ3) is 3.32. The Kier molecular flexibility index (Phi) is 5.02. The highest BCUT2D eigenvalue weighted by molar-refractivity contribution is 6.33. The van der Waals surface area contributed by atoms with E-state index in [0.717, 1.165) is 5.56 Å². The van der Waals surface area contributed by atoms with Crippen LogP contribution in [0.2, 0.25) is 5.02 Å². The Morgan fingerprint density at radius 3 is 2.62 bits per heavy atom. The highest BCUT2D eigenvalue weighted by atomic mass is 35.5. The number of aliphatic carboxylic acids is 1. The molecule has 1 aliphatic rings. The number of carboxylic acids is 1. The summed E-state index contributed by atoms with van der Waals surface area (Å²) in [6.07, 6.45) is 0.768. The van der Waals surface area contributed by atoms with Crippen LogP contribution in [-0.4, -0.2) is 56.0 Å². The summed E-state index contributed by atoms with van der Waals surface area (Å²) in [5, 5.41) is 24.7. The van der Waals surface area contributed by atoms with Gasteiger partial charge < -0.3 is 15.1 Å². The third-order valence-corrected chi connectivity index (χ3v) is 5.12. The second-order valence-corrected chi connectivity index (χ2v) is 7.06. The van der Waals surface area contributed by atoms with Gasteiger partial charge in [-0.15, -0.1) is 0 Å². The van der Waals surface area contributed by atoms with Crippen LogP contribution in [0.25, 0.3) is 0 Å². The maximum Gasteiger partial charge on any atom is 0.314 e. The smallest absolute Gasteiger partial charge is 0.314 e. The van der Waals surface area contributed by atoms with Crippen molar-refractivity contribution in [3.63, 3.8) is 0 Å². The number of aryl methyl sites for hydroxylation is 1. The summed E-state index contributed by atoms with van der Waals surface area (Å²) in [7, 11) is 1.65. The molecule has 2 heterocycles. The van der Waals surface area contributed by atoms with E-state index in [1.165, 1.54) is 15.8 Å². The van der Waals surface area contributed by atoms with Gasteiger partial charge in [0.1, 0.15) is 5.41 Å². The summed E-state index contributed by atoms with van der Waals surface area (Å²) in [6, 6.07) is 9.10. The molecule has 0 aliphatic carbocycles. The molecule has 0 radical (unpaired) electrons. The van der Waals surface area contributed by atoms with Crippen LogP contribution >= 0.6 is 11.6 Å². The largest absolute Gasteiger partial charge is 0.481 e. The minimum Gasteiger partial charge on any atom is -0.481 e. The van der Waals surface area contributed by atoms with E-state index in [4.69, 9.17) is 11.6 Å². The van der Waals surface area contributed by atoms with Gasteiger partial charge in [-0.25, -0.2) is 0 Å². The van der Waals surface area contributed by atoms with Crippen LogP contribution in [0.4, 0.5) is 0 Å². The molecule has 1 saturated heterocycles. The lowest BCUT2D eigenvalue weighted by Gasteiger charge is -2.43. The van der Waals surface area contributed by atoms with Crippen LogP contribution in [0.1, 0.15) is 22.5 Å². The average molecular weight is 378 g/mol. The van der Waals surface area contributed by atoms with Gasteiger partial charge in [0.05, 0.1) is 11.1 Å². The number of aromatic nitrogens is 2. The lowest BCUT2D eigenvalue weighted by atomic mass is 9.72. The maximum atomic E-state index is 12.8. The zero-order chi connectivity index (χ0) is 18.9. The average Bonchev–Trinajstić information content (AvgIpc) is 2.95. The van der Waals surface area contributed by atoms with E-state index in [-0.39, 0.29) is 36.6 Å². The molecule has 1 aromatic carbocycles. The number of hydrogen-bond acceptors (Lipinski definition) is 4. The first kappa shape index (κ1) is 18.4. The SMILES string of the molecule is Cn1cc(Cl)c(C(=O)N2CC[C@@H](O)[C@](Cc3ccccc3)(C(=O)O)C2)n1. The number of carbonyl (C=O) groups excluding carboxylic acids is 1. The molecule has 0 unspecified atom stereocenters. The van der Waals surface area contributed by atoms with Gasteiger partial charge in [0.25, 0.3) is 5.91 Å². The number of likely N-dealkylation sites (tertiary alicyclic amines) is 1. The van der Waals surface area contributed by atoms with Crippen LogP contribution < -0.4 is 0 Å². The zero-order valence-electron chi connectivity index (χ0n) is 14.3. The standard InChI is InChI=1S/C18H20ClN3O4/c1-21-10-13(19)15(20-21)16(24)22-8-7-14(23)18(11-22,17(25)26)9-12-5-3-2-4-6-12/h2-6,10,14,23H,7-9,11H2,1H3,(H,25,26)/t14-,18-/m1/s1. The quantitative estimate of drug-likeness (QED) is 0.843. The van der Waals surface area contributed by atoms with Crippen molar-refractivity contribution in [1.29, 1.82) is 0 Å². The first-order chi connectivity index (χ1) is 12.3. The van der Waals surface area contributed by atoms with Crippen LogP contribution in [0.3, 0.4) is 0 Å². The molecule has 3 rings (SSSR count). The van der Waals surface area contributed by atoms with Gasteiger partial charge >= 0.3 is 5.97 Å². The zero-order valence-corrected chi connectivity index (χ0v) is 15.1. The number of amides is 1. The molecular weight excluding hydrogens is 358 g/mol. The number of nitrogens with zero attached hydrogens (tertiary/aromatic N) is 3. The van der Waals surface area contributed by atoms with Gasteiger partial charge in [-0.3, -0.25) is 14.3 Å². The molecular formula is C18H20ClN3O4. The van der Waals surface area contributed by atoms with Crippen molar-refractivity contribution in [1.82, 2.24) is 14.7 Å². The molecule has 7 nitrogen and oxygen atoms in total. The minimum absolute atomic E-state index is 0.0876.